The number of phenols is 1. The zero-order valence-corrected chi connectivity index (χ0v) is 13.6. The number of hydrogen-bond donors (Lipinski definition) is 3. The number of nitrogens with two attached hydrogens (primary N) is 1. The van der Waals surface area contributed by atoms with E-state index in [4.69, 9.17) is 10.5 Å². The summed E-state index contributed by atoms with van der Waals surface area (Å²) in [5, 5.41) is 19.9. The van der Waals surface area contributed by atoms with Gasteiger partial charge in [-0.3, -0.25) is 0 Å². The molecule has 0 spiro atoms. The fourth-order valence-electron chi connectivity index (χ4n) is 1.61. The standard InChI is InChI=1S/C12H17Br2NO3/c1-5(2)11(16)10(15)6-4-7(18-3)12(17)9(14)8(6)13/h4-5,10-11,16-17H,15H2,1-3H3/t10-,11+/m1/s1. The number of ether oxygens (including phenoxy) is 1. The highest BCUT2D eigenvalue weighted by molar-refractivity contribution is 9.13. The minimum absolute atomic E-state index is 0.000591. The van der Waals surface area contributed by atoms with Gasteiger partial charge < -0.3 is 20.7 Å². The van der Waals surface area contributed by atoms with Crippen molar-refractivity contribution in [2.75, 3.05) is 7.11 Å². The molecule has 0 aliphatic heterocycles. The first-order valence-corrected chi connectivity index (χ1v) is 7.08. The van der Waals surface area contributed by atoms with Gasteiger partial charge in [0.05, 0.1) is 23.7 Å². The van der Waals surface area contributed by atoms with E-state index in [2.05, 4.69) is 31.9 Å². The van der Waals surface area contributed by atoms with Gasteiger partial charge >= 0.3 is 0 Å². The molecule has 0 bridgehead atoms. The normalized spacial score (nSPS) is 14.7. The zero-order valence-electron chi connectivity index (χ0n) is 10.4. The molecule has 0 unspecified atom stereocenters. The van der Waals surface area contributed by atoms with Gasteiger partial charge in [0.2, 0.25) is 0 Å². The van der Waals surface area contributed by atoms with Crippen LogP contribution in [-0.2, 0) is 0 Å². The molecule has 2 atom stereocenters. The average Bonchev–Trinajstić information content (AvgIpc) is 2.34. The molecule has 0 radical (unpaired) electrons. The highest BCUT2D eigenvalue weighted by atomic mass is 79.9. The maximum Gasteiger partial charge on any atom is 0.173 e. The molecule has 18 heavy (non-hydrogen) atoms. The highest BCUT2D eigenvalue weighted by Gasteiger charge is 2.25. The fraction of sp³-hybridized carbons (Fsp3) is 0.500. The third-order valence-corrected chi connectivity index (χ3v) is 4.96. The molecule has 6 heteroatoms. The first kappa shape index (κ1) is 15.8. The lowest BCUT2D eigenvalue weighted by molar-refractivity contribution is 0.0976. The van der Waals surface area contributed by atoms with Crippen molar-refractivity contribution in [2.45, 2.75) is 26.0 Å². The zero-order chi connectivity index (χ0) is 14.0. The third kappa shape index (κ3) is 2.99. The molecule has 0 saturated carbocycles. The summed E-state index contributed by atoms with van der Waals surface area (Å²) in [6.07, 6.45) is -0.678. The molecule has 1 rings (SSSR count). The molecule has 4 N–H and O–H groups in total. The Hall–Kier alpha value is -0.300. The lowest BCUT2D eigenvalue weighted by atomic mass is 9.94. The average molecular weight is 383 g/mol. The Morgan fingerprint density at radius 2 is 1.83 bits per heavy atom. The number of rotatable bonds is 4. The Bertz CT molecular complexity index is 438. The predicted molar refractivity (Wildman–Crippen MR) is 77.8 cm³/mol. The van der Waals surface area contributed by atoms with Crippen molar-refractivity contribution in [3.05, 3.63) is 20.6 Å². The Kier molecular flexibility index (Phi) is 5.46. The molecule has 0 heterocycles. The summed E-state index contributed by atoms with van der Waals surface area (Å²) in [4.78, 5) is 0. The smallest absolute Gasteiger partial charge is 0.173 e. The largest absolute Gasteiger partial charge is 0.503 e. The number of benzene rings is 1. The number of halogens is 2. The van der Waals surface area contributed by atoms with E-state index in [0.29, 0.717) is 20.3 Å². The number of phenolic OH excluding ortho intramolecular Hbond substituents is 1. The lowest BCUT2D eigenvalue weighted by Crippen LogP contribution is -2.30. The van der Waals surface area contributed by atoms with Crippen molar-refractivity contribution in [1.82, 2.24) is 0 Å². The van der Waals surface area contributed by atoms with Gasteiger partial charge in [0, 0.05) is 4.47 Å². The second kappa shape index (κ2) is 6.23. The fourth-order valence-corrected chi connectivity index (χ4v) is 2.60. The first-order valence-electron chi connectivity index (χ1n) is 5.49. The van der Waals surface area contributed by atoms with Crippen molar-refractivity contribution < 1.29 is 14.9 Å². The molecule has 0 fully saturated rings. The van der Waals surface area contributed by atoms with E-state index in [-0.39, 0.29) is 11.7 Å². The molecular formula is C12H17Br2NO3. The highest BCUT2D eigenvalue weighted by Crippen LogP contribution is 2.43. The van der Waals surface area contributed by atoms with E-state index >= 15 is 0 Å². The van der Waals surface area contributed by atoms with Crippen LogP contribution in [0.25, 0.3) is 0 Å². The van der Waals surface area contributed by atoms with Crippen LogP contribution in [0.15, 0.2) is 15.0 Å². The van der Waals surface area contributed by atoms with E-state index in [0.717, 1.165) is 0 Å². The van der Waals surface area contributed by atoms with Gasteiger partial charge in [-0.15, -0.1) is 0 Å². The van der Waals surface area contributed by atoms with Crippen LogP contribution in [0.2, 0.25) is 0 Å². The number of aliphatic hydroxyl groups is 1. The molecule has 0 amide bonds. The van der Waals surface area contributed by atoms with Crippen LogP contribution in [0.3, 0.4) is 0 Å². The topological polar surface area (TPSA) is 75.7 Å². The number of methoxy groups -OCH3 is 1. The van der Waals surface area contributed by atoms with Crippen LogP contribution in [0, 0.1) is 5.92 Å². The minimum Gasteiger partial charge on any atom is -0.503 e. The summed E-state index contributed by atoms with van der Waals surface area (Å²) in [5.74, 6) is 0.344. The van der Waals surface area contributed by atoms with E-state index in [1.807, 2.05) is 13.8 Å². The maximum atomic E-state index is 10.0. The van der Waals surface area contributed by atoms with Gasteiger partial charge in [-0.1, -0.05) is 13.8 Å². The molecule has 0 aliphatic rings. The Morgan fingerprint density at radius 3 is 2.28 bits per heavy atom. The van der Waals surface area contributed by atoms with Crippen molar-refractivity contribution >= 4 is 31.9 Å². The van der Waals surface area contributed by atoms with Crippen LogP contribution < -0.4 is 10.5 Å². The van der Waals surface area contributed by atoms with Crippen molar-refractivity contribution in [1.29, 1.82) is 0 Å². The van der Waals surface area contributed by atoms with Gasteiger partial charge in [0.1, 0.15) is 0 Å². The monoisotopic (exact) mass is 381 g/mol. The molecule has 1 aromatic carbocycles. The molecule has 0 aliphatic carbocycles. The minimum atomic E-state index is -0.678. The van der Waals surface area contributed by atoms with Crippen molar-refractivity contribution in [3.63, 3.8) is 0 Å². The molecule has 0 aromatic heterocycles. The molecule has 0 saturated heterocycles. The van der Waals surface area contributed by atoms with Crippen molar-refractivity contribution in [2.24, 2.45) is 11.7 Å². The van der Waals surface area contributed by atoms with Crippen LogP contribution in [0.4, 0.5) is 0 Å². The summed E-state index contributed by atoms with van der Waals surface area (Å²) >= 11 is 6.62. The SMILES string of the molecule is COc1cc([C@@H](N)[C@@H](O)C(C)C)c(Br)c(Br)c1O. The van der Waals surface area contributed by atoms with E-state index in [1.165, 1.54) is 7.11 Å². The molecule has 102 valence electrons. The second-order valence-corrected chi connectivity index (χ2v) is 5.99. The molecule has 1 aromatic rings. The van der Waals surface area contributed by atoms with Crippen LogP contribution in [0.1, 0.15) is 25.5 Å². The number of aromatic hydroxyl groups is 1. The maximum absolute atomic E-state index is 10.0. The van der Waals surface area contributed by atoms with Crippen LogP contribution >= 0.6 is 31.9 Å². The Balaban J connectivity index is 3.28. The molecule has 4 nitrogen and oxygen atoms in total. The van der Waals surface area contributed by atoms with Crippen LogP contribution in [0.5, 0.6) is 11.5 Å². The first-order chi connectivity index (χ1) is 8.31. The van der Waals surface area contributed by atoms with Crippen molar-refractivity contribution in [3.8, 4) is 11.5 Å². The quantitative estimate of drug-likeness (QED) is 0.748. The third-order valence-electron chi connectivity index (χ3n) is 2.80. The second-order valence-electron chi connectivity index (χ2n) is 4.41. The molecular weight excluding hydrogens is 366 g/mol. The van der Waals surface area contributed by atoms with Gasteiger partial charge in [-0.2, -0.15) is 0 Å². The Labute approximate surface area is 123 Å². The van der Waals surface area contributed by atoms with Crippen LogP contribution in [-0.4, -0.2) is 23.4 Å². The van der Waals surface area contributed by atoms with E-state index < -0.39 is 12.1 Å². The Morgan fingerprint density at radius 1 is 1.28 bits per heavy atom. The number of aliphatic hydroxyl groups excluding tert-OH is 1. The lowest BCUT2D eigenvalue weighted by Gasteiger charge is -2.24. The van der Waals surface area contributed by atoms with Gasteiger partial charge in [0.25, 0.3) is 0 Å². The number of hydrogen-bond acceptors (Lipinski definition) is 4. The van der Waals surface area contributed by atoms with E-state index in [9.17, 15) is 10.2 Å². The van der Waals surface area contributed by atoms with Gasteiger partial charge in [-0.05, 0) is 49.4 Å². The summed E-state index contributed by atoms with van der Waals surface area (Å²) < 4.78 is 6.15. The summed E-state index contributed by atoms with van der Waals surface area (Å²) in [6, 6.07) is 1.06. The predicted octanol–water partition coefficient (Wildman–Crippen LogP) is 2.94. The summed E-state index contributed by atoms with van der Waals surface area (Å²) in [5.41, 5.74) is 6.72. The summed E-state index contributed by atoms with van der Waals surface area (Å²) in [7, 11) is 1.46. The van der Waals surface area contributed by atoms with E-state index in [1.54, 1.807) is 6.07 Å². The van der Waals surface area contributed by atoms with Gasteiger partial charge in [0.15, 0.2) is 11.5 Å². The van der Waals surface area contributed by atoms with Gasteiger partial charge in [-0.25, -0.2) is 0 Å². The summed E-state index contributed by atoms with van der Waals surface area (Å²) in [6.45, 7) is 3.79.